The maximum absolute atomic E-state index is 13.7. The summed E-state index contributed by atoms with van der Waals surface area (Å²) < 4.78 is 36.5. The van der Waals surface area contributed by atoms with E-state index in [-0.39, 0.29) is 16.5 Å². The first-order chi connectivity index (χ1) is 20.4. The highest BCUT2D eigenvalue weighted by Gasteiger charge is 2.34. The molecule has 43 heavy (non-hydrogen) atoms. The van der Waals surface area contributed by atoms with Crippen LogP contribution in [0.2, 0.25) is 0 Å². The van der Waals surface area contributed by atoms with Crippen molar-refractivity contribution in [3.63, 3.8) is 0 Å². The predicted molar refractivity (Wildman–Crippen MR) is 169 cm³/mol. The molecule has 2 aromatic heterocycles. The number of fused-ring (bicyclic) bond motifs is 1. The molecule has 3 heterocycles. The van der Waals surface area contributed by atoms with Crippen molar-refractivity contribution in [2.45, 2.75) is 69.5 Å². The molecule has 8 nitrogen and oxygen atoms in total. The summed E-state index contributed by atoms with van der Waals surface area (Å²) in [5, 5.41) is 14.8. The molecule has 0 radical (unpaired) electrons. The summed E-state index contributed by atoms with van der Waals surface area (Å²) in [5.74, 6) is 2.11. The Morgan fingerprint density at radius 2 is 1.70 bits per heavy atom. The van der Waals surface area contributed by atoms with Crippen LogP contribution in [0.15, 0.2) is 70.6 Å². The molecule has 1 saturated heterocycles. The summed E-state index contributed by atoms with van der Waals surface area (Å²) in [6.45, 7) is 7.56. The van der Waals surface area contributed by atoms with E-state index in [4.69, 9.17) is 4.74 Å². The van der Waals surface area contributed by atoms with Crippen molar-refractivity contribution < 1.29 is 18.3 Å². The van der Waals surface area contributed by atoms with Crippen LogP contribution in [0.1, 0.15) is 57.1 Å². The maximum atomic E-state index is 13.7. The highest BCUT2D eigenvalue weighted by Crippen LogP contribution is 2.42. The van der Waals surface area contributed by atoms with Crippen LogP contribution >= 0.6 is 0 Å². The van der Waals surface area contributed by atoms with Crippen LogP contribution in [0.4, 0.5) is 0 Å². The number of aryl methyl sites for hydroxylation is 2. The van der Waals surface area contributed by atoms with E-state index < -0.39 is 21.2 Å². The molecule has 2 N–H and O–H groups in total. The Morgan fingerprint density at radius 3 is 2.37 bits per heavy atom. The first kappa shape index (κ1) is 29.7. The topological polar surface area (TPSA) is 103 Å². The first-order valence-corrected chi connectivity index (χ1v) is 16.6. The lowest BCUT2D eigenvalue weighted by Crippen LogP contribution is -2.37. The number of pyridine rings is 1. The van der Waals surface area contributed by atoms with Gasteiger partial charge in [0.1, 0.15) is 11.3 Å². The summed E-state index contributed by atoms with van der Waals surface area (Å²) in [6.07, 6.45) is 9.00. The van der Waals surface area contributed by atoms with Crippen LogP contribution in [-0.4, -0.2) is 41.3 Å². The molecule has 0 atom stereocenters. The van der Waals surface area contributed by atoms with Gasteiger partial charge in [0.05, 0.1) is 16.6 Å². The zero-order valence-corrected chi connectivity index (χ0v) is 26.2. The molecule has 0 unspecified atom stereocenters. The molecule has 1 aliphatic heterocycles. The number of benzene rings is 2. The average molecular weight is 604 g/mol. The van der Waals surface area contributed by atoms with Gasteiger partial charge < -0.3 is 19.7 Å². The standard InChI is InChI=1S/C34H41N3O5S/c1-22-5-8-27(9-6-22)43(40,41)37-16-13-28-30(21-36(4)33(38)32(28)37)29-20-25(34(2,3)39)7-10-31(29)42-26-18-24(19-26)17-23-11-14-35-15-12-23/h5-10,13,16,20-21,23-24,26,35,39H,11-12,14-15,17-19H2,1-4H3. The van der Waals surface area contributed by atoms with Gasteiger partial charge in [-0.05, 0) is 114 Å². The Labute approximate surface area is 253 Å². The SMILES string of the molecule is Cc1ccc(S(=O)(=O)n2ccc3c(-c4cc(C(C)(C)O)ccc4OC4CC(CC5CCNCC5)C4)cn(C)c(=O)c32)cc1. The van der Waals surface area contributed by atoms with Crippen LogP contribution in [0.3, 0.4) is 0 Å². The quantitative estimate of drug-likeness (QED) is 0.282. The van der Waals surface area contributed by atoms with Crippen molar-refractivity contribution >= 4 is 20.9 Å². The van der Waals surface area contributed by atoms with Gasteiger partial charge >= 0.3 is 0 Å². The Bertz CT molecular complexity index is 1800. The number of ether oxygens (including phenoxy) is 1. The number of nitrogens with one attached hydrogen (secondary N) is 1. The molecule has 2 aliphatic rings. The van der Waals surface area contributed by atoms with Crippen molar-refractivity contribution in [1.82, 2.24) is 13.9 Å². The fraction of sp³-hybridized carbons (Fsp3) is 0.441. The minimum absolute atomic E-state index is 0.0749. The molecule has 4 aromatic rings. The first-order valence-electron chi connectivity index (χ1n) is 15.2. The Morgan fingerprint density at radius 1 is 1.00 bits per heavy atom. The number of rotatable bonds is 8. The normalized spacial score (nSPS) is 19.8. The van der Waals surface area contributed by atoms with Crippen LogP contribution in [-0.2, 0) is 22.7 Å². The van der Waals surface area contributed by atoms with Crippen LogP contribution in [0.25, 0.3) is 22.0 Å². The molecular weight excluding hydrogens is 562 g/mol. The monoisotopic (exact) mass is 603 g/mol. The Hall–Kier alpha value is -3.40. The summed E-state index contributed by atoms with van der Waals surface area (Å²) in [4.78, 5) is 13.6. The van der Waals surface area contributed by atoms with Crippen molar-refractivity contribution in [3.05, 3.63) is 82.4 Å². The second-order valence-corrected chi connectivity index (χ2v) is 14.7. The second kappa shape index (κ2) is 11.3. The van der Waals surface area contributed by atoms with Gasteiger partial charge in [0.25, 0.3) is 15.6 Å². The number of nitrogens with zero attached hydrogens (tertiary/aromatic N) is 2. The van der Waals surface area contributed by atoms with E-state index in [0.717, 1.165) is 41.4 Å². The van der Waals surface area contributed by atoms with E-state index in [1.165, 1.54) is 30.0 Å². The Balaban J connectivity index is 1.39. The van der Waals surface area contributed by atoms with Crippen molar-refractivity contribution in [2.24, 2.45) is 18.9 Å². The van der Waals surface area contributed by atoms with Gasteiger partial charge in [-0.3, -0.25) is 4.79 Å². The molecule has 228 valence electrons. The molecule has 0 spiro atoms. The highest BCUT2D eigenvalue weighted by atomic mass is 32.2. The largest absolute Gasteiger partial charge is 0.490 e. The molecule has 9 heteroatoms. The number of piperidine rings is 1. The minimum Gasteiger partial charge on any atom is -0.490 e. The second-order valence-electron chi connectivity index (χ2n) is 12.9. The third-order valence-electron chi connectivity index (χ3n) is 9.15. The highest BCUT2D eigenvalue weighted by molar-refractivity contribution is 7.90. The number of hydrogen-bond donors (Lipinski definition) is 2. The van der Waals surface area contributed by atoms with Crippen molar-refractivity contribution in [3.8, 4) is 16.9 Å². The van der Waals surface area contributed by atoms with Gasteiger partial charge in [0.15, 0.2) is 0 Å². The predicted octanol–water partition coefficient (Wildman–Crippen LogP) is 5.33. The molecule has 2 aromatic carbocycles. The number of aliphatic hydroxyl groups is 1. The molecule has 6 rings (SSSR count). The minimum atomic E-state index is -4.02. The van der Waals surface area contributed by atoms with Gasteiger partial charge in [-0.1, -0.05) is 23.8 Å². The molecule has 2 fully saturated rings. The lowest BCUT2D eigenvalue weighted by Gasteiger charge is -2.38. The Kier molecular flexibility index (Phi) is 7.77. The third kappa shape index (κ3) is 5.78. The average Bonchev–Trinajstić information content (AvgIpc) is 3.41. The summed E-state index contributed by atoms with van der Waals surface area (Å²) in [5.41, 5.74) is 1.57. The van der Waals surface area contributed by atoms with Gasteiger partial charge in [0, 0.05) is 36.0 Å². The maximum Gasteiger partial charge on any atom is 0.275 e. The van der Waals surface area contributed by atoms with Gasteiger partial charge in [0.2, 0.25) is 0 Å². The van der Waals surface area contributed by atoms with Crippen molar-refractivity contribution in [2.75, 3.05) is 13.1 Å². The van der Waals surface area contributed by atoms with Gasteiger partial charge in [-0.2, -0.15) is 0 Å². The molecule has 1 aliphatic carbocycles. The molecular formula is C34H41N3O5S. The fourth-order valence-electron chi connectivity index (χ4n) is 6.52. The zero-order chi connectivity index (χ0) is 30.5. The van der Waals surface area contributed by atoms with E-state index in [9.17, 15) is 18.3 Å². The lowest BCUT2D eigenvalue weighted by atomic mass is 9.75. The summed E-state index contributed by atoms with van der Waals surface area (Å²) in [6, 6.07) is 13.9. The zero-order valence-electron chi connectivity index (χ0n) is 25.3. The van der Waals surface area contributed by atoms with Crippen molar-refractivity contribution in [1.29, 1.82) is 0 Å². The van der Waals surface area contributed by atoms with E-state index in [1.807, 2.05) is 25.1 Å². The van der Waals surface area contributed by atoms with Crippen LogP contribution in [0.5, 0.6) is 5.75 Å². The fourth-order valence-corrected chi connectivity index (χ4v) is 7.87. The van der Waals surface area contributed by atoms with Crippen LogP contribution in [0, 0.1) is 18.8 Å². The molecule has 1 saturated carbocycles. The third-order valence-corrected chi connectivity index (χ3v) is 10.8. The van der Waals surface area contributed by atoms with E-state index in [2.05, 4.69) is 5.32 Å². The van der Waals surface area contributed by atoms with E-state index in [1.54, 1.807) is 57.4 Å². The number of aromatic nitrogens is 2. The van der Waals surface area contributed by atoms with Crippen LogP contribution < -0.4 is 15.6 Å². The molecule has 0 amide bonds. The number of hydrogen-bond acceptors (Lipinski definition) is 6. The summed E-state index contributed by atoms with van der Waals surface area (Å²) >= 11 is 0. The summed E-state index contributed by atoms with van der Waals surface area (Å²) in [7, 11) is -2.40. The van der Waals surface area contributed by atoms with Gasteiger partial charge in [-0.25, -0.2) is 12.4 Å². The van der Waals surface area contributed by atoms with E-state index >= 15 is 0 Å². The smallest absolute Gasteiger partial charge is 0.275 e. The van der Waals surface area contributed by atoms with Gasteiger partial charge in [-0.15, -0.1) is 0 Å². The lowest BCUT2D eigenvalue weighted by molar-refractivity contribution is 0.0492. The molecule has 0 bridgehead atoms. The van der Waals surface area contributed by atoms with E-state index in [0.29, 0.717) is 33.7 Å².